The number of nitriles is 1. The largest absolute Gasteiger partial charge is 0.300 e. The summed E-state index contributed by atoms with van der Waals surface area (Å²) < 4.78 is 13.8. The van der Waals surface area contributed by atoms with E-state index in [9.17, 15) is 4.39 Å². The maximum Gasteiger partial charge on any atom is 0.127 e. The van der Waals surface area contributed by atoms with E-state index in [1.165, 1.54) is 6.07 Å². The Labute approximate surface area is 114 Å². The van der Waals surface area contributed by atoms with Crippen molar-refractivity contribution in [2.24, 2.45) is 0 Å². The topological polar surface area (TPSA) is 30.3 Å². The van der Waals surface area contributed by atoms with Crippen LogP contribution in [0.3, 0.4) is 0 Å². The standard InChI is InChI=1S/C15H20FN3/c1-13(14-5-2-3-6-15(14)16)19-11-9-18(10-12-19)8-4-7-17/h2-3,5-6,13H,4,8-12H2,1H3/t13-/m1/s1. The molecule has 1 saturated heterocycles. The monoisotopic (exact) mass is 261 g/mol. The van der Waals surface area contributed by atoms with Gasteiger partial charge in [0.15, 0.2) is 0 Å². The van der Waals surface area contributed by atoms with Crippen molar-refractivity contribution in [3.8, 4) is 6.07 Å². The van der Waals surface area contributed by atoms with Crippen LogP contribution in [0.15, 0.2) is 24.3 Å². The lowest BCUT2D eigenvalue weighted by molar-refractivity contribution is 0.102. The third-order valence-corrected chi connectivity index (χ3v) is 3.85. The van der Waals surface area contributed by atoms with E-state index in [4.69, 9.17) is 5.26 Å². The third kappa shape index (κ3) is 3.52. The summed E-state index contributed by atoms with van der Waals surface area (Å²) in [6.45, 7) is 6.69. The van der Waals surface area contributed by atoms with E-state index in [0.29, 0.717) is 6.42 Å². The molecule has 3 nitrogen and oxygen atoms in total. The second-order valence-electron chi connectivity index (χ2n) is 4.98. The van der Waals surface area contributed by atoms with Gasteiger partial charge in [0.2, 0.25) is 0 Å². The van der Waals surface area contributed by atoms with Crippen molar-refractivity contribution in [1.29, 1.82) is 5.26 Å². The highest BCUT2D eigenvalue weighted by Gasteiger charge is 2.23. The molecule has 1 fully saturated rings. The van der Waals surface area contributed by atoms with Crippen molar-refractivity contribution in [1.82, 2.24) is 9.80 Å². The van der Waals surface area contributed by atoms with E-state index in [1.54, 1.807) is 6.07 Å². The van der Waals surface area contributed by atoms with Crippen molar-refractivity contribution in [2.45, 2.75) is 19.4 Å². The first-order valence-corrected chi connectivity index (χ1v) is 6.80. The predicted octanol–water partition coefficient (Wildman–Crippen LogP) is 2.42. The molecule has 1 aromatic carbocycles. The normalized spacial score (nSPS) is 19.0. The van der Waals surface area contributed by atoms with E-state index >= 15 is 0 Å². The van der Waals surface area contributed by atoms with Crippen LogP contribution in [0.2, 0.25) is 0 Å². The fraction of sp³-hybridized carbons (Fsp3) is 0.533. The number of rotatable bonds is 4. The molecule has 0 aliphatic carbocycles. The Morgan fingerprint density at radius 1 is 1.26 bits per heavy atom. The van der Waals surface area contributed by atoms with Crippen LogP contribution in [0.5, 0.6) is 0 Å². The Morgan fingerprint density at radius 3 is 2.58 bits per heavy atom. The number of piperazine rings is 1. The maximum absolute atomic E-state index is 13.8. The van der Waals surface area contributed by atoms with E-state index in [0.717, 1.165) is 38.3 Å². The quantitative estimate of drug-likeness (QED) is 0.834. The minimum Gasteiger partial charge on any atom is -0.300 e. The van der Waals surface area contributed by atoms with Gasteiger partial charge in [0.1, 0.15) is 5.82 Å². The summed E-state index contributed by atoms with van der Waals surface area (Å²) in [6.07, 6.45) is 0.586. The summed E-state index contributed by atoms with van der Waals surface area (Å²) in [5, 5.41) is 8.59. The lowest BCUT2D eigenvalue weighted by Gasteiger charge is -2.38. The van der Waals surface area contributed by atoms with Gasteiger partial charge in [-0.05, 0) is 13.0 Å². The molecule has 0 N–H and O–H groups in total. The molecule has 1 aliphatic heterocycles. The number of benzene rings is 1. The zero-order valence-electron chi connectivity index (χ0n) is 11.3. The fourth-order valence-corrected chi connectivity index (χ4v) is 2.59. The molecule has 0 aromatic heterocycles. The van der Waals surface area contributed by atoms with Crippen molar-refractivity contribution in [3.05, 3.63) is 35.6 Å². The van der Waals surface area contributed by atoms with Crippen molar-refractivity contribution in [3.63, 3.8) is 0 Å². The molecular formula is C15H20FN3. The van der Waals surface area contributed by atoms with E-state index < -0.39 is 0 Å². The number of hydrogen-bond donors (Lipinski definition) is 0. The Hall–Kier alpha value is -1.44. The molecule has 0 bridgehead atoms. The zero-order valence-corrected chi connectivity index (χ0v) is 11.3. The Balaban J connectivity index is 1.91. The highest BCUT2D eigenvalue weighted by Crippen LogP contribution is 2.23. The van der Waals surface area contributed by atoms with Crippen LogP contribution in [0.1, 0.15) is 24.9 Å². The third-order valence-electron chi connectivity index (χ3n) is 3.85. The Morgan fingerprint density at radius 2 is 1.95 bits per heavy atom. The van der Waals surface area contributed by atoms with Gasteiger partial charge in [-0.25, -0.2) is 4.39 Å². The minimum atomic E-state index is -0.123. The zero-order chi connectivity index (χ0) is 13.7. The Bertz CT molecular complexity index is 447. The first-order valence-electron chi connectivity index (χ1n) is 6.80. The van der Waals surface area contributed by atoms with Gasteiger partial charge < -0.3 is 0 Å². The van der Waals surface area contributed by atoms with E-state index in [-0.39, 0.29) is 11.9 Å². The second kappa shape index (κ2) is 6.65. The molecule has 1 aliphatic rings. The first-order chi connectivity index (χ1) is 9.22. The molecule has 1 heterocycles. The summed E-state index contributed by atoms with van der Waals surface area (Å²) in [6, 6.07) is 9.29. The highest BCUT2D eigenvalue weighted by atomic mass is 19.1. The van der Waals surface area contributed by atoms with Gasteiger partial charge in [-0.15, -0.1) is 0 Å². The molecule has 0 spiro atoms. The smallest absolute Gasteiger partial charge is 0.127 e. The lowest BCUT2D eigenvalue weighted by atomic mass is 10.1. The average molecular weight is 261 g/mol. The molecular weight excluding hydrogens is 241 g/mol. The first kappa shape index (κ1) is 14.0. The van der Waals surface area contributed by atoms with Gasteiger partial charge in [-0.2, -0.15) is 5.26 Å². The van der Waals surface area contributed by atoms with Gasteiger partial charge in [-0.3, -0.25) is 9.80 Å². The number of halogens is 1. The number of hydrogen-bond acceptors (Lipinski definition) is 3. The average Bonchev–Trinajstić information content (AvgIpc) is 2.45. The second-order valence-corrected chi connectivity index (χ2v) is 4.98. The SMILES string of the molecule is C[C@H](c1ccccc1F)N1CCN(CCC#N)CC1. The van der Waals surface area contributed by atoms with Gasteiger partial charge in [0.25, 0.3) is 0 Å². The van der Waals surface area contributed by atoms with Crippen LogP contribution in [-0.4, -0.2) is 42.5 Å². The summed E-state index contributed by atoms with van der Waals surface area (Å²) in [4.78, 5) is 4.61. The van der Waals surface area contributed by atoms with Crippen LogP contribution in [0, 0.1) is 17.1 Å². The molecule has 2 rings (SSSR count). The van der Waals surface area contributed by atoms with Gasteiger partial charge >= 0.3 is 0 Å². The van der Waals surface area contributed by atoms with Crippen LogP contribution < -0.4 is 0 Å². The van der Waals surface area contributed by atoms with Crippen molar-refractivity contribution >= 4 is 0 Å². The van der Waals surface area contributed by atoms with Gasteiger partial charge in [0.05, 0.1) is 6.07 Å². The Kier molecular flexibility index (Phi) is 4.89. The molecule has 1 aromatic rings. The van der Waals surface area contributed by atoms with E-state index in [2.05, 4.69) is 22.8 Å². The number of nitrogens with zero attached hydrogens (tertiary/aromatic N) is 3. The molecule has 102 valence electrons. The van der Waals surface area contributed by atoms with Crippen LogP contribution in [-0.2, 0) is 0 Å². The minimum absolute atomic E-state index is 0.110. The fourth-order valence-electron chi connectivity index (χ4n) is 2.59. The predicted molar refractivity (Wildman–Crippen MR) is 73.1 cm³/mol. The van der Waals surface area contributed by atoms with Crippen LogP contribution >= 0.6 is 0 Å². The van der Waals surface area contributed by atoms with Crippen molar-refractivity contribution in [2.75, 3.05) is 32.7 Å². The summed E-state index contributed by atoms with van der Waals surface area (Å²) >= 11 is 0. The van der Waals surface area contributed by atoms with Crippen LogP contribution in [0.4, 0.5) is 4.39 Å². The summed E-state index contributed by atoms with van der Waals surface area (Å²) in [7, 11) is 0. The molecule has 0 saturated carbocycles. The lowest BCUT2D eigenvalue weighted by Crippen LogP contribution is -2.47. The molecule has 4 heteroatoms. The summed E-state index contributed by atoms with van der Waals surface area (Å²) in [5.41, 5.74) is 0.771. The van der Waals surface area contributed by atoms with Gasteiger partial charge in [-0.1, -0.05) is 18.2 Å². The molecule has 0 amide bonds. The van der Waals surface area contributed by atoms with Crippen molar-refractivity contribution < 1.29 is 4.39 Å². The van der Waals surface area contributed by atoms with E-state index in [1.807, 2.05) is 12.1 Å². The molecule has 0 radical (unpaired) electrons. The molecule has 19 heavy (non-hydrogen) atoms. The molecule has 1 atom stereocenters. The highest BCUT2D eigenvalue weighted by molar-refractivity contribution is 5.20. The molecule has 0 unspecified atom stereocenters. The van der Waals surface area contributed by atoms with Crippen LogP contribution in [0.25, 0.3) is 0 Å². The maximum atomic E-state index is 13.8. The summed E-state index contributed by atoms with van der Waals surface area (Å²) in [5.74, 6) is -0.123. The van der Waals surface area contributed by atoms with Gasteiger partial charge in [0, 0.05) is 50.7 Å².